The molecule has 0 bridgehead atoms. The Morgan fingerprint density at radius 3 is 2.95 bits per heavy atom. The van der Waals surface area contributed by atoms with Crippen LogP contribution in [0.4, 0.5) is 0 Å². The minimum atomic E-state index is 0.361. The third-order valence-electron chi connectivity index (χ3n) is 4.53. The van der Waals surface area contributed by atoms with Crippen LogP contribution in [-0.2, 0) is 7.05 Å². The standard InChI is InChI=1S/C16H29N3O/c1-5-9-17-15(13-8-6-7-12(2)10-13)16-14(20-4)11-18-19(16)3/h11-13,15,17H,5-10H2,1-4H3. The van der Waals surface area contributed by atoms with Gasteiger partial charge in [0, 0.05) is 7.05 Å². The Balaban J connectivity index is 2.23. The summed E-state index contributed by atoms with van der Waals surface area (Å²) in [5.74, 6) is 2.44. The third kappa shape index (κ3) is 3.35. The SMILES string of the molecule is CCCNC(c1c(OC)cnn1C)C1CCCC(C)C1. The van der Waals surface area contributed by atoms with Gasteiger partial charge in [-0.3, -0.25) is 4.68 Å². The van der Waals surface area contributed by atoms with Crippen molar-refractivity contribution in [3.63, 3.8) is 0 Å². The van der Waals surface area contributed by atoms with E-state index in [0.717, 1.165) is 24.6 Å². The molecule has 1 fully saturated rings. The van der Waals surface area contributed by atoms with E-state index in [0.29, 0.717) is 12.0 Å². The Hall–Kier alpha value is -1.03. The first-order valence-electron chi connectivity index (χ1n) is 7.96. The molecule has 0 radical (unpaired) electrons. The normalized spacial score (nSPS) is 24.6. The molecule has 1 aliphatic carbocycles. The summed E-state index contributed by atoms with van der Waals surface area (Å²) in [5.41, 5.74) is 1.21. The van der Waals surface area contributed by atoms with Crippen molar-refractivity contribution in [2.45, 2.75) is 52.0 Å². The number of nitrogens with one attached hydrogen (secondary N) is 1. The second kappa shape index (κ2) is 7.11. The molecule has 1 aromatic heterocycles. The topological polar surface area (TPSA) is 39.1 Å². The second-order valence-electron chi connectivity index (χ2n) is 6.19. The van der Waals surface area contributed by atoms with E-state index in [4.69, 9.17) is 4.74 Å². The second-order valence-corrected chi connectivity index (χ2v) is 6.19. The highest BCUT2D eigenvalue weighted by atomic mass is 16.5. The van der Waals surface area contributed by atoms with Gasteiger partial charge in [0.2, 0.25) is 0 Å². The lowest BCUT2D eigenvalue weighted by molar-refractivity contribution is 0.214. The molecule has 0 amide bonds. The number of methoxy groups -OCH3 is 1. The maximum atomic E-state index is 5.52. The first kappa shape index (κ1) is 15.4. The molecule has 3 unspecified atom stereocenters. The van der Waals surface area contributed by atoms with Gasteiger partial charge in [0.25, 0.3) is 0 Å². The summed E-state index contributed by atoms with van der Waals surface area (Å²) in [5, 5.41) is 8.12. The van der Waals surface area contributed by atoms with Crippen molar-refractivity contribution in [2.24, 2.45) is 18.9 Å². The lowest BCUT2D eigenvalue weighted by Gasteiger charge is -2.34. The van der Waals surface area contributed by atoms with Crippen LogP contribution in [0.2, 0.25) is 0 Å². The van der Waals surface area contributed by atoms with Crippen LogP contribution in [-0.4, -0.2) is 23.4 Å². The lowest BCUT2D eigenvalue weighted by atomic mass is 9.77. The van der Waals surface area contributed by atoms with Crippen LogP contribution in [0.5, 0.6) is 5.75 Å². The highest BCUT2D eigenvalue weighted by molar-refractivity contribution is 5.29. The molecular weight excluding hydrogens is 250 g/mol. The minimum Gasteiger partial charge on any atom is -0.493 e. The molecule has 0 aromatic carbocycles. The minimum absolute atomic E-state index is 0.361. The molecule has 1 aromatic rings. The van der Waals surface area contributed by atoms with Gasteiger partial charge in [-0.1, -0.05) is 26.7 Å². The number of aryl methyl sites for hydroxylation is 1. The van der Waals surface area contributed by atoms with Gasteiger partial charge in [-0.25, -0.2) is 0 Å². The van der Waals surface area contributed by atoms with E-state index >= 15 is 0 Å². The molecule has 114 valence electrons. The molecule has 4 heteroatoms. The summed E-state index contributed by atoms with van der Waals surface area (Å²) in [7, 11) is 3.76. The van der Waals surface area contributed by atoms with E-state index in [9.17, 15) is 0 Å². The smallest absolute Gasteiger partial charge is 0.161 e. The number of rotatable bonds is 6. The van der Waals surface area contributed by atoms with Crippen molar-refractivity contribution in [3.8, 4) is 5.75 Å². The number of nitrogens with zero attached hydrogens (tertiary/aromatic N) is 2. The zero-order valence-corrected chi connectivity index (χ0v) is 13.4. The predicted octanol–water partition coefficient (Wildman–Crippen LogP) is 3.30. The van der Waals surface area contributed by atoms with Gasteiger partial charge in [0.1, 0.15) is 0 Å². The Kier molecular flexibility index (Phi) is 5.46. The van der Waals surface area contributed by atoms with E-state index in [1.807, 2.05) is 17.9 Å². The molecular formula is C16H29N3O. The number of hydrogen-bond donors (Lipinski definition) is 1. The summed E-state index contributed by atoms with van der Waals surface area (Å²) in [6.07, 6.45) is 8.31. The summed E-state index contributed by atoms with van der Waals surface area (Å²) in [4.78, 5) is 0. The van der Waals surface area contributed by atoms with Crippen molar-refractivity contribution in [3.05, 3.63) is 11.9 Å². The highest BCUT2D eigenvalue weighted by Gasteiger charge is 2.31. The molecule has 0 aliphatic heterocycles. The maximum absolute atomic E-state index is 5.52. The Morgan fingerprint density at radius 2 is 2.30 bits per heavy atom. The van der Waals surface area contributed by atoms with Crippen molar-refractivity contribution in [1.29, 1.82) is 0 Å². The van der Waals surface area contributed by atoms with E-state index in [-0.39, 0.29) is 0 Å². The summed E-state index contributed by atoms with van der Waals surface area (Å²) in [6, 6.07) is 0.361. The molecule has 2 rings (SSSR count). The van der Waals surface area contributed by atoms with Gasteiger partial charge in [0.05, 0.1) is 25.0 Å². The zero-order chi connectivity index (χ0) is 14.5. The Morgan fingerprint density at radius 1 is 1.50 bits per heavy atom. The van der Waals surface area contributed by atoms with Crippen molar-refractivity contribution < 1.29 is 4.74 Å². The number of hydrogen-bond acceptors (Lipinski definition) is 3. The average Bonchev–Trinajstić information content (AvgIpc) is 2.81. The van der Waals surface area contributed by atoms with Gasteiger partial charge in [-0.2, -0.15) is 5.10 Å². The monoisotopic (exact) mass is 279 g/mol. The summed E-state index contributed by atoms with van der Waals surface area (Å²) in [6.45, 7) is 5.64. The molecule has 1 saturated carbocycles. The number of aromatic nitrogens is 2. The van der Waals surface area contributed by atoms with E-state index in [1.54, 1.807) is 7.11 Å². The van der Waals surface area contributed by atoms with Crippen LogP contribution in [0.1, 0.15) is 57.7 Å². The first-order valence-corrected chi connectivity index (χ1v) is 7.96. The molecule has 0 saturated heterocycles. The highest BCUT2D eigenvalue weighted by Crippen LogP contribution is 2.39. The predicted molar refractivity (Wildman–Crippen MR) is 81.9 cm³/mol. The van der Waals surface area contributed by atoms with Crippen LogP contribution in [0.3, 0.4) is 0 Å². The van der Waals surface area contributed by atoms with Crippen LogP contribution >= 0.6 is 0 Å². The fourth-order valence-electron chi connectivity index (χ4n) is 3.51. The first-order chi connectivity index (χ1) is 9.67. The maximum Gasteiger partial charge on any atom is 0.161 e. The zero-order valence-electron chi connectivity index (χ0n) is 13.4. The van der Waals surface area contributed by atoms with Crippen LogP contribution in [0, 0.1) is 11.8 Å². The molecule has 1 aliphatic rings. The molecule has 3 atom stereocenters. The molecule has 1 heterocycles. The molecule has 0 spiro atoms. The van der Waals surface area contributed by atoms with Crippen LogP contribution in [0.15, 0.2) is 6.20 Å². The fourth-order valence-corrected chi connectivity index (χ4v) is 3.51. The number of ether oxygens (including phenoxy) is 1. The Bertz CT molecular complexity index is 416. The van der Waals surface area contributed by atoms with Gasteiger partial charge in [0.15, 0.2) is 5.75 Å². The summed E-state index contributed by atoms with van der Waals surface area (Å²) >= 11 is 0. The van der Waals surface area contributed by atoms with Crippen LogP contribution < -0.4 is 10.1 Å². The Labute approximate surface area is 122 Å². The fraction of sp³-hybridized carbons (Fsp3) is 0.812. The van der Waals surface area contributed by atoms with Crippen molar-refractivity contribution in [1.82, 2.24) is 15.1 Å². The third-order valence-corrected chi connectivity index (χ3v) is 4.53. The molecule has 20 heavy (non-hydrogen) atoms. The van der Waals surface area contributed by atoms with Crippen molar-refractivity contribution in [2.75, 3.05) is 13.7 Å². The quantitative estimate of drug-likeness (QED) is 0.868. The average molecular weight is 279 g/mol. The van der Waals surface area contributed by atoms with Gasteiger partial charge in [-0.05, 0) is 37.6 Å². The van der Waals surface area contributed by atoms with E-state index in [1.165, 1.54) is 31.4 Å². The molecule has 1 N–H and O–H groups in total. The molecule has 4 nitrogen and oxygen atoms in total. The van der Waals surface area contributed by atoms with Gasteiger partial charge >= 0.3 is 0 Å². The lowest BCUT2D eigenvalue weighted by Crippen LogP contribution is -2.33. The largest absolute Gasteiger partial charge is 0.493 e. The van der Waals surface area contributed by atoms with Gasteiger partial charge in [-0.15, -0.1) is 0 Å². The van der Waals surface area contributed by atoms with Crippen LogP contribution in [0.25, 0.3) is 0 Å². The van der Waals surface area contributed by atoms with E-state index < -0.39 is 0 Å². The van der Waals surface area contributed by atoms with E-state index in [2.05, 4.69) is 24.3 Å². The van der Waals surface area contributed by atoms with Gasteiger partial charge < -0.3 is 10.1 Å². The summed E-state index contributed by atoms with van der Waals surface area (Å²) < 4.78 is 7.50. The van der Waals surface area contributed by atoms with Crippen molar-refractivity contribution >= 4 is 0 Å².